The Bertz CT molecular complexity index is 1280. The van der Waals surface area contributed by atoms with Gasteiger partial charge >= 0.3 is 0 Å². The lowest BCUT2D eigenvalue weighted by atomic mass is 10.1. The molecule has 1 heterocycles. The molecular formula is C27H27Cl2N3O2. The van der Waals surface area contributed by atoms with E-state index < -0.39 is 0 Å². The number of ether oxygens (including phenoxy) is 1. The van der Waals surface area contributed by atoms with E-state index in [1.165, 1.54) is 0 Å². The second-order valence-corrected chi connectivity index (χ2v) is 9.07. The average Bonchev–Trinajstić information content (AvgIpc) is 3.18. The number of imidazole rings is 1. The largest absolute Gasteiger partial charge is 0.492 e. The van der Waals surface area contributed by atoms with Crippen LogP contribution in [0.15, 0.2) is 60.7 Å². The molecule has 4 rings (SSSR count). The van der Waals surface area contributed by atoms with Crippen molar-refractivity contribution in [1.82, 2.24) is 14.9 Å². The van der Waals surface area contributed by atoms with E-state index in [9.17, 15) is 4.79 Å². The maximum Gasteiger partial charge on any atom is 0.251 e. The fourth-order valence-electron chi connectivity index (χ4n) is 3.96. The molecule has 176 valence electrons. The van der Waals surface area contributed by atoms with Gasteiger partial charge in [0.2, 0.25) is 0 Å². The number of aromatic nitrogens is 2. The van der Waals surface area contributed by atoms with Crippen LogP contribution in [-0.2, 0) is 13.0 Å². The van der Waals surface area contributed by atoms with Crippen LogP contribution < -0.4 is 10.1 Å². The van der Waals surface area contributed by atoms with Gasteiger partial charge in [0.15, 0.2) is 0 Å². The first kappa shape index (κ1) is 24.1. The molecule has 0 fully saturated rings. The SMILES string of the molecule is Cc1cc(OCCn2c(CCCNC(=O)c3ccc(Cl)cc3)nc3ccccc32)cc(C)c1Cl. The van der Waals surface area contributed by atoms with Crippen LogP contribution in [0.5, 0.6) is 5.75 Å². The number of amides is 1. The van der Waals surface area contributed by atoms with E-state index in [0.717, 1.165) is 51.6 Å². The molecule has 1 aromatic heterocycles. The van der Waals surface area contributed by atoms with E-state index >= 15 is 0 Å². The van der Waals surface area contributed by atoms with E-state index in [1.807, 2.05) is 44.2 Å². The standard InChI is InChI=1S/C27H27Cl2N3O2/c1-18-16-22(17-19(2)26(18)29)34-15-14-32-24-7-4-3-6-23(24)31-25(32)8-5-13-30-27(33)20-9-11-21(28)12-10-20/h3-4,6-7,9-12,16-17H,5,8,13-15H2,1-2H3,(H,30,33). The van der Waals surface area contributed by atoms with Gasteiger partial charge < -0.3 is 14.6 Å². The first-order chi connectivity index (χ1) is 16.4. The number of hydrogen-bond acceptors (Lipinski definition) is 3. The van der Waals surface area contributed by atoms with Gasteiger partial charge in [0, 0.05) is 28.6 Å². The highest BCUT2D eigenvalue weighted by molar-refractivity contribution is 6.32. The third-order valence-corrected chi connectivity index (χ3v) is 6.54. The molecule has 0 saturated heterocycles. The highest BCUT2D eigenvalue weighted by atomic mass is 35.5. The van der Waals surface area contributed by atoms with Crippen molar-refractivity contribution >= 4 is 40.1 Å². The van der Waals surface area contributed by atoms with Crippen molar-refractivity contribution < 1.29 is 9.53 Å². The molecule has 7 heteroatoms. The van der Waals surface area contributed by atoms with Crippen molar-refractivity contribution in [2.45, 2.75) is 33.2 Å². The van der Waals surface area contributed by atoms with Gasteiger partial charge in [0.25, 0.3) is 5.91 Å². The number of fused-ring (bicyclic) bond motifs is 1. The number of aryl methyl sites for hydroxylation is 3. The quantitative estimate of drug-likeness (QED) is 0.273. The minimum Gasteiger partial charge on any atom is -0.492 e. The number of hydrogen-bond donors (Lipinski definition) is 1. The van der Waals surface area contributed by atoms with Gasteiger partial charge in [-0.15, -0.1) is 0 Å². The molecule has 0 spiro atoms. The summed E-state index contributed by atoms with van der Waals surface area (Å²) in [7, 11) is 0. The van der Waals surface area contributed by atoms with Crippen molar-refractivity contribution in [3.8, 4) is 5.75 Å². The minimum absolute atomic E-state index is 0.105. The van der Waals surface area contributed by atoms with Crippen LogP contribution >= 0.6 is 23.2 Å². The second kappa shape index (κ2) is 10.9. The summed E-state index contributed by atoms with van der Waals surface area (Å²) >= 11 is 12.2. The molecule has 1 N–H and O–H groups in total. The van der Waals surface area contributed by atoms with Crippen LogP contribution in [0.4, 0.5) is 0 Å². The van der Waals surface area contributed by atoms with Gasteiger partial charge in [0.05, 0.1) is 17.6 Å². The van der Waals surface area contributed by atoms with Gasteiger partial charge in [-0.25, -0.2) is 4.98 Å². The Kier molecular flexibility index (Phi) is 7.76. The second-order valence-electron chi connectivity index (χ2n) is 8.25. The zero-order valence-electron chi connectivity index (χ0n) is 19.3. The Morgan fingerprint density at radius 2 is 1.74 bits per heavy atom. The van der Waals surface area contributed by atoms with Gasteiger partial charge in [-0.2, -0.15) is 0 Å². The van der Waals surface area contributed by atoms with Crippen molar-refractivity contribution in [1.29, 1.82) is 0 Å². The number of benzene rings is 3. The predicted molar refractivity (Wildman–Crippen MR) is 138 cm³/mol. The third kappa shape index (κ3) is 5.72. The number of carbonyl (C=O) groups excluding carboxylic acids is 1. The van der Waals surface area contributed by atoms with Gasteiger partial charge in [-0.1, -0.05) is 35.3 Å². The topological polar surface area (TPSA) is 56.1 Å². The molecule has 34 heavy (non-hydrogen) atoms. The van der Waals surface area contributed by atoms with Crippen molar-refractivity contribution in [2.75, 3.05) is 13.2 Å². The summed E-state index contributed by atoms with van der Waals surface area (Å²) in [4.78, 5) is 17.1. The van der Waals surface area contributed by atoms with Crippen molar-refractivity contribution in [2.24, 2.45) is 0 Å². The lowest BCUT2D eigenvalue weighted by molar-refractivity contribution is 0.0953. The molecule has 0 saturated carbocycles. The van der Waals surface area contributed by atoms with Crippen LogP contribution in [0.1, 0.15) is 33.7 Å². The smallest absolute Gasteiger partial charge is 0.251 e. The summed E-state index contributed by atoms with van der Waals surface area (Å²) in [6, 6.07) is 18.9. The third-order valence-electron chi connectivity index (χ3n) is 5.70. The molecular weight excluding hydrogens is 469 g/mol. The first-order valence-corrected chi connectivity index (χ1v) is 12.1. The molecule has 0 aliphatic heterocycles. The van der Waals surface area contributed by atoms with E-state index in [0.29, 0.717) is 30.3 Å². The monoisotopic (exact) mass is 495 g/mol. The van der Waals surface area contributed by atoms with Crippen LogP contribution in [0.25, 0.3) is 11.0 Å². The van der Waals surface area contributed by atoms with E-state index in [4.69, 9.17) is 32.9 Å². The number of rotatable bonds is 9. The molecule has 0 radical (unpaired) electrons. The minimum atomic E-state index is -0.105. The van der Waals surface area contributed by atoms with E-state index in [2.05, 4.69) is 16.0 Å². The van der Waals surface area contributed by atoms with Crippen LogP contribution in [0, 0.1) is 13.8 Å². The number of nitrogens with zero attached hydrogens (tertiary/aromatic N) is 2. The lowest BCUT2D eigenvalue weighted by Crippen LogP contribution is -2.25. The summed E-state index contributed by atoms with van der Waals surface area (Å²) < 4.78 is 8.24. The Morgan fingerprint density at radius 1 is 1.03 bits per heavy atom. The van der Waals surface area contributed by atoms with E-state index in [-0.39, 0.29) is 5.91 Å². The molecule has 0 unspecified atom stereocenters. The summed E-state index contributed by atoms with van der Waals surface area (Å²) in [5, 5.41) is 4.36. The lowest BCUT2D eigenvalue weighted by Gasteiger charge is -2.13. The Morgan fingerprint density at radius 3 is 2.47 bits per heavy atom. The summed E-state index contributed by atoms with van der Waals surface area (Å²) in [5.74, 6) is 1.69. The number of para-hydroxylation sites is 2. The number of halogens is 2. The molecule has 1 amide bonds. The summed E-state index contributed by atoms with van der Waals surface area (Å²) in [6.07, 6.45) is 1.52. The maximum atomic E-state index is 12.3. The average molecular weight is 496 g/mol. The normalized spacial score (nSPS) is 11.1. The van der Waals surface area contributed by atoms with Gasteiger partial charge in [-0.3, -0.25) is 4.79 Å². The van der Waals surface area contributed by atoms with E-state index in [1.54, 1.807) is 24.3 Å². The highest BCUT2D eigenvalue weighted by Crippen LogP contribution is 2.26. The predicted octanol–water partition coefficient (Wildman–Crippen LogP) is 6.40. The summed E-state index contributed by atoms with van der Waals surface area (Å²) in [5.41, 5.74) is 4.65. The number of nitrogens with one attached hydrogen (secondary N) is 1. The Labute approximate surface area is 209 Å². The molecule has 5 nitrogen and oxygen atoms in total. The first-order valence-electron chi connectivity index (χ1n) is 11.3. The van der Waals surface area contributed by atoms with Crippen LogP contribution in [-0.4, -0.2) is 28.6 Å². The highest BCUT2D eigenvalue weighted by Gasteiger charge is 2.12. The van der Waals surface area contributed by atoms with Crippen LogP contribution in [0.2, 0.25) is 10.0 Å². The van der Waals surface area contributed by atoms with Crippen molar-refractivity contribution in [3.63, 3.8) is 0 Å². The van der Waals surface area contributed by atoms with Gasteiger partial charge in [0.1, 0.15) is 18.2 Å². The zero-order valence-corrected chi connectivity index (χ0v) is 20.8. The number of carbonyl (C=O) groups is 1. The van der Waals surface area contributed by atoms with Crippen LogP contribution in [0.3, 0.4) is 0 Å². The van der Waals surface area contributed by atoms with Gasteiger partial charge in [-0.05, 0) is 79.9 Å². The fraction of sp³-hybridized carbons (Fsp3) is 0.259. The fourth-order valence-corrected chi connectivity index (χ4v) is 4.20. The molecule has 0 atom stereocenters. The Balaban J connectivity index is 1.38. The molecule has 0 aliphatic rings. The molecule has 0 bridgehead atoms. The maximum absolute atomic E-state index is 12.3. The Hall–Kier alpha value is -3.02. The molecule has 0 aliphatic carbocycles. The molecule has 3 aromatic carbocycles. The summed E-state index contributed by atoms with van der Waals surface area (Å²) in [6.45, 7) is 5.71. The van der Waals surface area contributed by atoms with Crippen molar-refractivity contribution in [3.05, 3.63) is 93.2 Å². The zero-order chi connectivity index (χ0) is 24.1. The molecule has 4 aromatic rings.